The summed E-state index contributed by atoms with van der Waals surface area (Å²) in [6.07, 6.45) is 12.0. The molecule has 0 bridgehead atoms. The molecule has 0 saturated carbocycles. The zero-order valence-electron chi connectivity index (χ0n) is 15.9. The molecule has 144 valence electrons. The van der Waals surface area contributed by atoms with E-state index in [2.05, 4.69) is 37.3 Å². The van der Waals surface area contributed by atoms with Crippen LogP contribution in [0.1, 0.15) is 69.9 Å². The summed E-state index contributed by atoms with van der Waals surface area (Å²) in [6, 6.07) is 0. The first kappa shape index (κ1) is 22.2. The van der Waals surface area contributed by atoms with Crippen LogP contribution in [0.2, 0.25) is 0 Å². The Morgan fingerprint density at radius 1 is 1.04 bits per heavy atom. The Morgan fingerprint density at radius 3 is 2.60 bits per heavy atom. The lowest BCUT2D eigenvalue weighted by atomic mass is 10.2. The van der Waals surface area contributed by atoms with E-state index in [1.807, 2.05) is 7.05 Å². The summed E-state index contributed by atoms with van der Waals surface area (Å²) in [6.45, 7) is 5.24. The Kier molecular flexibility index (Phi) is 11.9. The number of nitrogens with one attached hydrogen (secondary N) is 2. The van der Waals surface area contributed by atoms with Crippen molar-refractivity contribution < 1.29 is 0 Å². The van der Waals surface area contributed by atoms with Gasteiger partial charge in [0.2, 0.25) is 0 Å². The maximum absolute atomic E-state index is 4.39. The van der Waals surface area contributed by atoms with E-state index >= 15 is 0 Å². The van der Waals surface area contributed by atoms with Gasteiger partial charge in [-0.15, -0.1) is 34.2 Å². The lowest BCUT2D eigenvalue weighted by Crippen LogP contribution is -2.38. The molecule has 0 amide bonds. The molecule has 2 rings (SSSR count). The molecule has 1 aromatic heterocycles. The molecule has 2 N–H and O–H groups in total. The summed E-state index contributed by atoms with van der Waals surface area (Å²) in [5.74, 6) is 3.24. The monoisotopic (exact) mass is 462 g/mol. The number of aromatic nitrogens is 3. The number of aryl methyl sites for hydroxylation is 2. The molecule has 1 aliphatic rings. The van der Waals surface area contributed by atoms with Crippen LogP contribution in [0, 0.1) is 0 Å². The van der Waals surface area contributed by atoms with Gasteiger partial charge in [-0.3, -0.25) is 4.99 Å². The fourth-order valence-corrected chi connectivity index (χ4v) is 3.16. The van der Waals surface area contributed by atoms with Crippen molar-refractivity contribution in [3.05, 3.63) is 11.6 Å². The number of unbranched alkanes of at least 4 members (excludes halogenated alkanes) is 3. The number of aliphatic imine (C=N–C) groups is 1. The van der Waals surface area contributed by atoms with Crippen molar-refractivity contribution in [1.29, 1.82) is 0 Å². The van der Waals surface area contributed by atoms with Gasteiger partial charge in [0.15, 0.2) is 5.96 Å². The molecule has 0 unspecified atom stereocenters. The summed E-state index contributed by atoms with van der Waals surface area (Å²) in [5.41, 5.74) is 0. The predicted molar refractivity (Wildman–Crippen MR) is 115 cm³/mol. The molecule has 1 aliphatic heterocycles. The van der Waals surface area contributed by atoms with Crippen LogP contribution in [0.15, 0.2) is 4.99 Å². The van der Waals surface area contributed by atoms with Crippen molar-refractivity contribution >= 4 is 29.9 Å². The second-order valence-electron chi connectivity index (χ2n) is 6.58. The number of rotatable bonds is 9. The summed E-state index contributed by atoms with van der Waals surface area (Å²) in [5, 5.41) is 15.5. The minimum Gasteiger partial charge on any atom is -0.356 e. The van der Waals surface area contributed by atoms with Gasteiger partial charge in [0, 0.05) is 39.5 Å². The van der Waals surface area contributed by atoms with Gasteiger partial charge in [-0.05, 0) is 25.7 Å². The van der Waals surface area contributed by atoms with E-state index in [0.717, 1.165) is 50.7 Å². The predicted octanol–water partition coefficient (Wildman–Crippen LogP) is 3.30. The van der Waals surface area contributed by atoms with Crippen LogP contribution in [0.25, 0.3) is 0 Å². The molecule has 0 spiro atoms. The van der Waals surface area contributed by atoms with Crippen LogP contribution in [0.4, 0.5) is 0 Å². The van der Waals surface area contributed by atoms with Crippen molar-refractivity contribution in [3.8, 4) is 0 Å². The first-order chi connectivity index (χ1) is 11.8. The molecule has 0 radical (unpaired) electrons. The van der Waals surface area contributed by atoms with Gasteiger partial charge in [-0.25, -0.2) is 0 Å². The van der Waals surface area contributed by atoms with Crippen molar-refractivity contribution in [1.82, 2.24) is 25.4 Å². The minimum atomic E-state index is 0. The maximum atomic E-state index is 4.39. The van der Waals surface area contributed by atoms with E-state index in [9.17, 15) is 0 Å². The molecule has 0 aromatic carbocycles. The van der Waals surface area contributed by atoms with Crippen molar-refractivity contribution in [2.45, 2.75) is 77.7 Å². The fourth-order valence-electron chi connectivity index (χ4n) is 3.16. The van der Waals surface area contributed by atoms with E-state index in [0.29, 0.717) is 0 Å². The smallest absolute Gasteiger partial charge is 0.190 e. The number of hydrogen-bond donors (Lipinski definition) is 2. The lowest BCUT2D eigenvalue weighted by molar-refractivity contribution is 0.593. The van der Waals surface area contributed by atoms with Gasteiger partial charge in [-0.1, -0.05) is 32.6 Å². The van der Waals surface area contributed by atoms with Gasteiger partial charge < -0.3 is 15.2 Å². The molecular formula is C18H35IN6. The van der Waals surface area contributed by atoms with E-state index in [1.54, 1.807) is 0 Å². The van der Waals surface area contributed by atoms with Crippen LogP contribution < -0.4 is 10.6 Å². The molecule has 0 saturated heterocycles. The molecular weight excluding hydrogens is 427 g/mol. The van der Waals surface area contributed by atoms with Crippen LogP contribution in [-0.4, -0.2) is 40.9 Å². The zero-order valence-corrected chi connectivity index (χ0v) is 18.2. The molecule has 7 heteroatoms. The number of fused-ring (bicyclic) bond motifs is 1. The van der Waals surface area contributed by atoms with Gasteiger partial charge >= 0.3 is 0 Å². The summed E-state index contributed by atoms with van der Waals surface area (Å²) in [7, 11) is 1.83. The third-order valence-electron chi connectivity index (χ3n) is 4.60. The van der Waals surface area contributed by atoms with E-state index in [-0.39, 0.29) is 24.0 Å². The molecule has 0 atom stereocenters. The minimum absolute atomic E-state index is 0. The fraction of sp³-hybridized carbons (Fsp3) is 0.833. The summed E-state index contributed by atoms with van der Waals surface area (Å²) < 4.78 is 2.34. The normalized spacial score (nSPS) is 14.4. The maximum Gasteiger partial charge on any atom is 0.190 e. The first-order valence-corrected chi connectivity index (χ1v) is 9.70. The molecule has 25 heavy (non-hydrogen) atoms. The van der Waals surface area contributed by atoms with Crippen molar-refractivity contribution in [3.63, 3.8) is 0 Å². The van der Waals surface area contributed by atoms with E-state index in [1.165, 1.54) is 50.8 Å². The Morgan fingerprint density at radius 2 is 1.84 bits per heavy atom. The van der Waals surface area contributed by atoms with Gasteiger partial charge in [-0.2, -0.15) is 0 Å². The molecule has 0 aliphatic carbocycles. The number of nitrogens with zero attached hydrogens (tertiary/aromatic N) is 4. The van der Waals surface area contributed by atoms with Gasteiger partial charge in [0.1, 0.15) is 11.6 Å². The average Bonchev–Trinajstić information content (AvgIpc) is 2.83. The number of hydrogen-bond acceptors (Lipinski definition) is 3. The number of guanidine groups is 1. The Labute approximate surface area is 169 Å². The summed E-state index contributed by atoms with van der Waals surface area (Å²) in [4.78, 5) is 4.28. The van der Waals surface area contributed by atoms with E-state index in [4.69, 9.17) is 0 Å². The SMILES string of the molecule is CCCCCCNC(=NC)NCCCc1nnc2n1CCCCC2.I. The average molecular weight is 462 g/mol. The standard InChI is InChI=1S/C18H34N6.HI/c1-3-4-5-8-13-20-18(19-2)21-14-10-12-17-23-22-16-11-7-6-9-15-24(16)17;/h3-15H2,1-2H3,(H2,19,20,21);1H. The lowest BCUT2D eigenvalue weighted by Gasteiger charge is -2.12. The topological polar surface area (TPSA) is 67.1 Å². The Hall–Kier alpha value is -0.860. The third kappa shape index (κ3) is 7.92. The highest BCUT2D eigenvalue weighted by atomic mass is 127. The highest BCUT2D eigenvalue weighted by Crippen LogP contribution is 2.15. The quantitative estimate of drug-likeness (QED) is 0.256. The third-order valence-corrected chi connectivity index (χ3v) is 4.60. The van der Waals surface area contributed by atoms with E-state index < -0.39 is 0 Å². The highest BCUT2D eigenvalue weighted by Gasteiger charge is 2.14. The molecule has 0 fully saturated rings. The Balaban J connectivity index is 0.00000312. The van der Waals surface area contributed by atoms with Crippen molar-refractivity contribution in [2.75, 3.05) is 20.1 Å². The Bertz CT molecular complexity index is 500. The molecule has 2 heterocycles. The second kappa shape index (κ2) is 13.4. The molecule has 1 aromatic rings. The first-order valence-electron chi connectivity index (χ1n) is 9.70. The van der Waals surface area contributed by atoms with Crippen LogP contribution >= 0.6 is 24.0 Å². The van der Waals surface area contributed by atoms with Gasteiger partial charge in [0.05, 0.1) is 0 Å². The van der Waals surface area contributed by atoms with Crippen LogP contribution in [0.3, 0.4) is 0 Å². The van der Waals surface area contributed by atoms with Crippen LogP contribution in [0.5, 0.6) is 0 Å². The van der Waals surface area contributed by atoms with Crippen LogP contribution in [-0.2, 0) is 19.4 Å². The highest BCUT2D eigenvalue weighted by molar-refractivity contribution is 14.0. The number of halogens is 1. The van der Waals surface area contributed by atoms with Gasteiger partial charge in [0.25, 0.3) is 0 Å². The summed E-state index contributed by atoms with van der Waals surface area (Å²) >= 11 is 0. The zero-order chi connectivity index (χ0) is 17.0. The van der Waals surface area contributed by atoms with Crippen molar-refractivity contribution in [2.24, 2.45) is 4.99 Å². The second-order valence-corrected chi connectivity index (χ2v) is 6.58. The largest absolute Gasteiger partial charge is 0.356 e. The molecule has 6 nitrogen and oxygen atoms in total.